The third-order valence-electron chi connectivity index (χ3n) is 2.81. The topological polar surface area (TPSA) is 38.0 Å². The van der Waals surface area contributed by atoms with E-state index in [2.05, 4.69) is 30.4 Å². The molecule has 98 valence electrons. The highest BCUT2D eigenvalue weighted by molar-refractivity contribution is 7.80. The average molecular weight is 291 g/mol. The van der Waals surface area contributed by atoms with Gasteiger partial charge in [-0.15, -0.1) is 0 Å². The summed E-state index contributed by atoms with van der Waals surface area (Å²) in [5, 5.41) is 3.97. The molecule has 0 radical (unpaired) electrons. The summed E-state index contributed by atoms with van der Waals surface area (Å²) in [6.45, 7) is 2.80. The molecule has 3 N–H and O–H groups in total. The van der Waals surface area contributed by atoms with Crippen LogP contribution in [0.25, 0.3) is 0 Å². The molecule has 0 amide bonds. The summed E-state index contributed by atoms with van der Waals surface area (Å²) < 4.78 is 0. The van der Waals surface area contributed by atoms with Crippen LogP contribution in [-0.2, 0) is 6.54 Å². The Morgan fingerprint density at radius 1 is 1.26 bits per heavy atom. The van der Waals surface area contributed by atoms with E-state index >= 15 is 0 Å². The number of halogens is 1. The third kappa shape index (κ3) is 3.69. The van der Waals surface area contributed by atoms with E-state index in [1.165, 1.54) is 11.1 Å². The zero-order chi connectivity index (χ0) is 13.8. The molecule has 0 aromatic heterocycles. The van der Waals surface area contributed by atoms with Gasteiger partial charge in [-0.3, -0.25) is 0 Å². The minimum absolute atomic E-state index is 0.342. The zero-order valence-electron chi connectivity index (χ0n) is 10.6. The maximum atomic E-state index is 5.96. The molecule has 19 heavy (non-hydrogen) atoms. The van der Waals surface area contributed by atoms with E-state index in [4.69, 9.17) is 29.6 Å². The number of thiocarbonyl (C=S) groups is 1. The van der Waals surface area contributed by atoms with Gasteiger partial charge in [0.2, 0.25) is 0 Å². The standard InChI is InChI=1S/C15H15ClN2S/c1-10-3-2-4-11(7-10)9-18-14-6-5-12(16)8-13(14)15(17)19/h2-8,18H,9H2,1H3,(H2,17,19). The molecule has 2 aromatic rings. The van der Waals surface area contributed by atoms with Crippen LogP contribution in [0.3, 0.4) is 0 Å². The molecular formula is C15H15ClN2S. The molecule has 2 nitrogen and oxygen atoms in total. The lowest BCUT2D eigenvalue weighted by atomic mass is 10.1. The lowest BCUT2D eigenvalue weighted by Gasteiger charge is -2.12. The Morgan fingerprint density at radius 3 is 2.74 bits per heavy atom. The Hall–Kier alpha value is -1.58. The van der Waals surface area contributed by atoms with Gasteiger partial charge in [0.25, 0.3) is 0 Å². The van der Waals surface area contributed by atoms with Gasteiger partial charge in [-0.25, -0.2) is 0 Å². The van der Waals surface area contributed by atoms with Crippen molar-refractivity contribution in [1.29, 1.82) is 0 Å². The zero-order valence-corrected chi connectivity index (χ0v) is 12.2. The largest absolute Gasteiger partial charge is 0.389 e. The second kappa shape index (κ2) is 6.04. The minimum atomic E-state index is 0.342. The first-order chi connectivity index (χ1) is 9.06. The highest BCUT2D eigenvalue weighted by Gasteiger charge is 2.06. The predicted molar refractivity (Wildman–Crippen MR) is 85.8 cm³/mol. The van der Waals surface area contributed by atoms with Crippen LogP contribution >= 0.6 is 23.8 Å². The molecule has 0 aliphatic heterocycles. The predicted octanol–water partition coefficient (Wildman–Crippen LogP) is 3.89. The Bertz CT molecular complexity index is 611. The monoisotopic (exact) mass is 290 g/mol. The Morgan fingerprint density at radius 2 is 2.05 bits per heavy atom. The number of aryl methyl sites for hydroxylation is 1. The fourth-order valence-electron chi connectivity index (χ4n) is 1.89. The normalized spacial score (nSPS) is 10.2. The van der Waals surface area contributed by atoms with Gasteiger partial charge in [0.1, 0.15) is 4.99 Å². The van der Waals surface area contributed by atoms with Gasteiger partial charge in [0.15, 0.2) is 0 Å². The van der Waals surface area contributed by atoms with Crippen LogP contribution in [-0.4, -0.2) is 4.99 Å². The van der Waals surface area contributed by atoms with Crippen molar-refractivity contribution in [2.45, 2.75) is 13.5 Å². The maximum Gasteiger partial charge on any atom is 0.106 e. The first-order valence-electron chi connectivity index (χ1n) is 5.95. The molecule has 0 aliphatic rings. The number of rotatable bonds is 4. The molecule has 2 rings (SSSR count). The summed E-state index contributed by atoms with van der Waals surface area (Å²) in [4.78, 5) is 0.342. The Labute approximate surface area is 123 Å². The van der Waals surface area contributed by atoms with Crippen LogP contribution in [0.2, 0.25) is 5.02 Å². The molecule has 0 saturated heterocycles. The van der Waals surface area contributed by atoms with Crippen molar-refractivity contribution in [2.24, 2.45) is 5.73 Å². The SMILES string of the molecule is Cc1cccc(CNc2ccc(Cl)cc2C(N)=S)c1. The van der Waals surface area contributed by atoms with Gasteiger partial charge in [-0.1, -0.05) is 53.6 Å². The molecule has 0 aliphatic carbocycles. The molecule has 4 heteroatoms. The second-order valence-electron chi connectivity index (χ2n) is 4.40. The third-order valence-corrected chi connectivity index (χ3v) is 3.27. The van der Waals surface area contributed by atoms with Gasteiger partial charge < -0.3 is 11.1 Å². The van der Waals surface area contributed by atoms with Gasteiger partial charge in [-0.05, 0) is 30.7 Å². The summed E-state index contributed by atoms with van der Waals surface area (Å²) in [5.74, 6) is 0. The lowest BCUT2D eigenvalue weighted by molar-refractivity contribution is 1.14. The molecule has 0 saturated carbocycles. The second-order valence-corrected chi connectivity index (χ2v) is 5.27. The van der Waals surface area contributed by atoms with Crippen LogP contribution in [0.15, 0.2) is 42.5 Å². The van der Waals surface area contributed by atoms with Crippen LogP contribution in [0.5, 0.6) is 0 Å². The molecule has 0 spiro atoms. The molecule has 0 heterocycles. The number of hydrogen-bond acceptors (Lipinski definition) is 2. The van der Waals surface area contributed by atoms with E-state index in [9.17, 15) is 0 Å². The van der Waals surface area contributed by atoms with Crippen LogP contribution in [0.1, 0.15) is 16.7 Å². The van der Waals surface area contributed by atoms with E-state index in [0.717, 1.165) is 17.8 Å². The molecular weight excluding hydrogens is 276 g/mol. The molecule has 0 fully saturated rings. The van der Waals surface area contributed by atoms with Crippen LogP contribution in [0, 0.1) is 6.92 Å². The van der Waals surface area contributed by atoms with Crippen LogP contribution < -0.4 is 11.1 Å². The fourth-order valence-corrected chi connectivity index (χ4v) is 2.23. The number of benzene rings is 2. The van der Waals surface area contributed by atoms with E-state index in [1.54, 1.807) is 6.07 Å². The molecule has 0 unspecified atom stereocenters. The Kier molecular flexibility index (Phi) is 4.40. The van der Waals surface area contributed by atoms with Crippen molar-refractivity contribution in [3.05, 3.63) is 64.2 Å². The highest BCUT2D eigenvalue weighted by atomic mass is 35.5. The smallest absolute Gasteiger partial charge is 0.106 e. The fraction of sp³-hybridized carbons (Fsp3) is 0.133. The average Bonchev–Trinajstić information content (AvgIpc) is 2.37. The van der Waals surface area contributed by atoms with Crippen molar-refractivity contribution < 1.29 is 0 Å². The summed E-state index contributed by atoms with van der Waals surface area (Å²) in [5.41, 5.74) is 9.84. The first-order valence-corrected chi connectivity index (χ1v) is 6.73. The molecule has 2 aromatic carbocycles. The lowest BCUT2D eigenvalue weighted by Crippen LogP contribution is -2.13. The minimum Gasteiger partial charge on any atom is -0.389 e. The van der Waals surface area contributed by atoms with Gasteiger partial charge in [0, 0.05) is 22.8 Å². The number of nitrogens with two attached hydrogens (primary N) is 1. The molecule has 0 bridgehead atoms. The van der Waals surface area contributed by atoms with E-state index < -0.39 is 0 Å². The van der Waals surface area contributed by atoms with Gasteiger partial charge >= 0.3 is 0 Å². The van der Waals surface area contributed by atoms with Crippen molar-refractivity contribution >= 4 is 34.5 Å². The van der Waals surface area contributed by atoms with Crippen molar-refractivity contribution in [1.82, 2.24) is 0 Å². The summed E-state index contributed by atoms with van der Waals surface area (Å²) in [6, 6.07) is 13.8. The van der Waals surface area contributed by atoms with E-state index in [-0.39, 0.29) is 0 Å². The van der Waals surface area contributed by atoms with Crippen molar-refractivity contribution in [3.63, 3.8) is 0 Å². The highest BCUT2D eigenvalue weighted by Crippen LogP contribution is 2.21. The Balaban J connectivity index is 2.17. The van der Waals surface area contributed by atoms with Gasteiger partial charge in [0.05, 0.1) is 0 Å². The van der Waals surface area contributed by atoms with Crippen molar-refractivity contribution in [3.8, 4) is 0 Å². The number of anilines is 1. The van der Waals surface area contributed by atoms with Crippen LogP contribution in [0.4, 0.5) is 5.69 Å². The van der Waals surface area contributed by atoms with Crippen molar-refractivity contribution in [2.75, 3.05) is 5.32 Å². The summed E-state index contributed by atoms with van der Waals surface area (Å²) >= 11 is 11.0. The van der Waals surface area contributed by atoms with E-state index in [0.29, 0.717) is 10.0 Å². The summed E-state index contributed by atoms with van der Waals surface area (Å²) in [6.07, 6.45) is 0. The summed E-state index contributed by atoms with van der Waals surface area (Å²) in [7, 11) is 0. The first kappa shape index (κ1) is 13.8. The number of hydrogen-bond donors (Lipinski definition) is 2. The van der Waals surface area contributed by atoms with Gasteiger partial charge in [-0.2, -0.15) is 0 Å². The quantitative estimate of drug-likeness (QED) is 0.839. The maximum absolute atomic E-state index is 5.96. The molecule has 0 atom stereocenters. The number of nitrogens with one attached hydrogen (secondary N) is 1. The van der Waals surface area contributed by atoms with E-state index in [1.807, 2.05) is 18.2 Å².